The summed E-state index contributed by atoms with van der Waals surface area (Å²) >= 11 is 1.31. The number of nitrogens with zero attached hydrogens (tertiary/aromatic N) is 4. The lowest BCUT2D eigenvalue weighted by Gasteiger charge is -2.32. The van der Waals surface area contributed by atoms with Crippen molar-refractivity contribution in [3.63, 3.8) is 0 Å². The Hall–Kier alpha value is -3.17. The zero-order valence-electron chi connectivity index (χ0n) is 19.5. The molecule has 2 amide bonds. The van der Waals surface area contributed by atoms with Crippen LogP contribution in [0.2, 0.25) is 0 Å². The zero-order valence-corrected chi connectivity index (χ0v) is 20.3. The highest BCUT2D eigenvalue weighted by Crippen LogP contribution is 2.18. The lowest BCUT2D eigenvalue weighted by molar-refractivity contribution is -0.113. The number of thioether (sulfide) groups is 1. The lowest BCUT2D eigenvalue weighted by atomic mass is 10.0. The SMILES string of the molecule is Cc1cccc(CN2CCC(NC(=O)c3cccc(NC(=O)CSc4nncn4C)c3)CC2)c1. The molecule has 9 heteroatoms. The Balaban J connectivity index is 1.24. The first-order valence-corrected chi connectivity index (χ1v) is 12.4. The highest BCUT2D eigenvalue weighted by Gasteiger charge is 2.21. The number of aryl methyl sites for hydroxylation is 2. The second-order valence-corrected chi connectivity index (χ2v) is 9.60. The second kappa shape index (κ2) is 11.3. The molecule has 3 aromatic rings. The molecule has 2 N–H and O–H groups in total. The smallest absolute Gasteiger partial charge is 0.251 e. The summed E-state index contributed by atoms with van der Waals surface area (Å²) in [6.45, 7) is 4.97. The van der Waals surface area contributed by atoms with Gasteiger partial charge in [-0.15, -0.1) is 10.2 Å². The number of likely N-dealkylation sites (tertiary alicyclic amines) is 1. The molecule has 2 heterocycles. The van der Waals surface area contributed by atoms with Gasteiger partial charge in [0.05, 0.1) is 5.75 Å². The molecule has 178 valence electrons. The van der Waals surface area contributed by atoms with Gasteiger partial charge in [-0.1, -0.05) is 47.7 Å². The van der Waals surface area contributed by atoms with Gasteiger partial charge in [0.25, 0.3) is 5.91 Å². The van der Waals surface area contributed by atoms with Gasteiger partial charge in [0.2, 0.25) is 5.91 Å². The first-order chi connectivity index (χ1) is 16.5. The van der Waals surface area contributed by atoms with E-state index in [1.165, 1.54) is 22.9 Å². The molecule has 1 aliphatic rings. The molecule has 0 radical (unpaired) electrons. The fraction of sp³-hybridized carbons (Fsp3) is 0.360. The number of benzene rings is 2. The van der Waals surface area contributed by atoms with E-state index in [0.29, 0.717) is 16.4 Å². The molecule has 0 atom stereocenters. The molecule has 2 aromatic carbocycles. The minimum atomic E-state index is -0.161. The van der Waals surface area contributed by atoms with Crippen molar-refractivity contribution in [2.45, 2.75) is 37.5 Å². The van der Waals surface area contributed by atoms with Gasteiger partial charge in [0, 0.05) is 44.0 Å². The quantitative estimate of drug-likeness (QED) is 0.483. The van der Waals surface area contributed by atoms with Crippen molar-refractivity contribution in [3.8, 4) is 0 Å². The molecule has 0 spiro atoms. The molecule has 1 fully saturated rings. The minimum absolute atomic E-state index is 0.110. The van der Waals surface area contributed by atoms with Crippen LogP contribution in [0.5, 0.6) is 0 Å². The van der Waals surface area contributed by atoms with Crippen LogP contribution in [0.1, 0.15) is 34.3 Å². The highest BCUT2D eigenvalue weighted by molar-refractivity contribution is 7.99. The van der Waals surface area contributed by atoms with E-state index in [-0.39, 0.29) is 23.6 Å². The Bertz CT molecular complexity index is 1140. The van der Waals surface area contributed by atoms with E-state index < -0.39 is 0 Å². The number of nitrogens with one attached hydrogen (secondary N) is 2. The molecule has 1 saturated heterocycles. The predicted octanol–water partition coefficient (Wildman–Crippen LogP) is 3.25. The Kier molecular flexibility index (Phi) is 7.97. The summed E-state index contributed by atoms with van der Waals surface area (Å²) in [5.41, 5.74) is 3.75. The Morgan fingerprint density at radius 3 is 2.65 bits per heavy atom. The Morgan fingerprint density at radius 2 is 1.91 bits per heavy atom. The number of hydrogen-bond donors (Lipinski definition) is 2. The third kappa shape index (κ3) is 6.68. The molecule has 1 aliphatic heterocycles. The van der Waals surface area contributed by atoms with Crippen molar-refractivity contribution in [2.24, 2.45) is 7.05 Å². The van der Waals surface area contributed by atoms with Gasteiger partial charge in [-0.2, -0.15) is 0 Å². The van der Waals surface area contributed by atoms with E-state index >= 15 is 0 Å². The number of amides is 2. The van der Waals surface area contributed by atoms with Crippen LogP contribution in [-0.4, -0.2) is 56.4 Å². The summed E-state index contributed by atoms with van der Waals surface area (Å²) in [6.07, 6.45) is 3.44. The molecule has 0 aliphatic carbocycles. The molecule has 4 rings (SSSR count). The predicted molar refractivity (Wildman–Crippen MR) is 134 cm³/mol. The van der Waals surface area contributed by atoms with E-state index in [4.69, 9.17) is 0 Å². The van der Waals surface area contributed by atoms with Gasteiger partial charge in [0.15, 0.2) is 5.16 Å². The zero-order chi connectivity index (χ0) is 23.9. The number of rotatable bonds is 8. The average Bonchev–Trinajstić information content (AvgIpc) is 3.24. The molecule has 34 heavy (non-hydrogen) atoms. The minimum Gasteiger partial charge on any atom is -0.349 e. The molecule has 1 aromatic heterocycles. The maximum Gasteiger partial charge on any atom is 0.251 e. The van der Waals surface area contributed by atoms with Crippen molar-refractivity contribution in [2.75, 3.05) is 24.2 Å². The topological polar surface area (TPSA) is 92.2 Å². The first-order valence-electron chi connectivity index (χ1n) is 11.4. The number of anilines is 1. The summed E-state index contributed by atoms with van der Waals surface area (Å²) in [5, 5.41) is 14.4. The number of hydrogen-bond acceptors (Lipinski definition) is 6. The highest BCUT2D eigenvalue weighted by atomic mass is 32.2. The fourth-order valence-electron chi connectivity index (χ4n) is 4.04. The molecule has 0 unspecified atom stereocenters. The molecule has 0 bridgehead atoms. The number of carbonyl (C=O) groups excluding carboxylic acids is 2. The van der Waals surface area contributed by atoms with Crippen molar-refractivity contribution in [1.29, 1.82) is 0 Å². The van der Waals surface area contributed by atoms with Gasteiger partial charge in [-0.3, -0.25) is 14.5 Å². The second-order valence-electron chi connectivity index (χ2n) is 8.66. The van der Waals surface area contributed by atoms with Gasteiger partial charge in [0.1, 0.15) is 6.33 Å². The monoisotopic (exact) mass is 478 g/mol. The van der Waals surface area contributed by atoms with E-state index in [1.807, 2.05) is 7.05 Å². The lowest BCUT2D eigenvalue weighted by Crippen LogP contribution is -2.44. The summed E-state index contributed by atoms with van der Waals surface area (Å²) in [5.74, 6) is -0.0578. The average molecular weight is 479 g/mol. The molecule has 8 nitrogen and oxygen atoms in total. The van der Waals surface area contributed by atoms with Crippen LogP contribution >= 0.6 is 11.8 Å². The molecular formula is C25H30N6O2S. The van der Waals surface area contributed by atoms with E-state index in [1.54, 1.807) is 35.2 Å². The van der Waals surface area contributed by atoms with Gasteiger partial charge >= 0.3 is 0 Å². The van der Waals surface area contributed by atoms with Crippen molar-refractivity contribution < 1.29 is 9.59 Å². The van der Waals surface area contributed by atoms with Gasteiger partial charge in [-0.25, -0.2) is 0 Å². The largest absolute Gasteiger partial charge is 0.349 e. The summed E-state index contributed by atoms with van der Waals surface area (Å²) in [6, 6.07) is 15.8. The first kappa shape index (κ1) is 24.0. The maximum absolute atomic E-state index is 12.8. The van der Waals surface area contributed by atoms with Crippen LogP contribution < -0.4 is 10.6 Å². The van der Waals surface area contributed by atoms with Crippen molar-refractivity contribution >= 4 is 29.3 Å². The normalized spacial score (nSPS) is 14.6. The standard InChI is InChI=1S/C25H30N6O2S/c1-18-5-3-6-19(13-18)15-31-11-9-21(10-12-31)28-24(33)20-7-4-8-22(14-20)27-23(32)16-34-25-29-26-17-30(25)2/h3-8,13-14,17,21H,9-12,15-16H2,1-2H3,(H,27,32)(H,28,33). The van der Waals surface area contributed by atoms with E-state index in [9.17, 15) is 9.59 Å². The maximum atomic E-state index is 12.8. The Morgan fingerprint density at radius 1 is 1.12 bits per heavy atom. The molecular weight excluding hydrogens is 448 g/mol. The van der Waals surface area contributed by atoms with Crippen LogP contribution in [0, 0.1) is 6.92 Å². The van der Waals surface area contributed by atoms with E-state index in [0.717, 1.165) is 32.5 Å². The summed E-state index contributed by atoms with van der Waals surface area (Å²) in [4.78, 5) is 27.6. The number of aromatic nitrogens is 3. The third-order valence-corrected chi connectivity index (χ3v) is 6.86. The summed E-state index contributed by atoms with van der Waals surface area (Å²) < 4.78 is 1.76. The third-order valence-electron chi connectivity index (χ3n) is 5.82. The number of carbonyl (C=O) groups is 2. The van der Waals surface area contributed by atoms with Crippen molar-refractivity contribution in [3.05, 3.63) is 71.5 Å². The van der Waals surface area contributed by atoms with Gasteiger partial charge < -0.3 is 15.2 Å². The van der Waals surface area contributed by atoms with Crippen LogP contribution in [0.15, 0.2) is 60.0 Å². The fourth-order valence-corrected chi connectivity index (χ4v) is 4.73. The molecule has 0 saturated carbocycles. The Labute approximate surface area is 204 Å². The van der Waals surface area contributed by atoms with Gasteiger partial charge in [-0.05, 0) is 43.5 Å². The number of piperidine rings is 1. The van der Waals surface area contributed by atoms with Crippen molar-refractivity contribution in [1.82, 2.24) is 25.0 Å². The van der Waals surface area contributed by atoms with Crippen LogP contribution in [0.3, 0.4) is 0 Å². The van der Waals surface area contributed by atoms with Crippen LogP contribution in [0.4, 0.5) is 5.69 Å². The van der Waals surface area contributed by atoms with Crippen LogP contribution in [0.25, 0.3) is 0 Å². The van der Waals surface area contributed by atoms with E-state index in [2.05, 4.69) is 56.9 Å². The summed E-state index contributed by atoms with van der Waals surface area (Å²) in [7, 11) is 1.83. The van der Waals surface area contributed by atoms with Crippen LogP contribution in [-0.2, 0) is 18.4 Å².